The molecule has 4 heteroatoms. The van der Waals surface area contributed by atoms with Crippen molar-refractivity contribution in [3.63, 3.8) is 0 Å². The summed E-state index contributed by atoms with van der Waals surface area (Å²) in [5.41, 5.74) is 5.58. The first-order valence-electron chi connectivity index (χ1n) is 5.17. The second-order valence-corrected chi connectivity index (χ2v) is 4.87. The first-order valence-corrected chi connectivity index (χ1v) is 5.17. The van der Waals surface area contributed by atoms with Crippen LogP contribution in [0, 0.1) is 5.92 Å². The monoisotopic (exact) mass is 200 g/mol. The largest absolute Gasteiger partial charge is 0.465 e. The SMILES string of the molecule is CC(C)(C[C@H]1CCC[C@H]1N)NC(=O)O. The van der Waals surface area contributed by atoms with Crippen molar-refractivity contribution in [2.75, 3.05) is 0 Å². The second-order valence-electron chi connectivity index (χ2n) is 4.87. The van der Waals surface area contributed by atoms with E-state index < -0.39 is 6.09 Å². The number of hydrogen-bond acceptors (Lipinski definition) is 2. The highest BCUT2D eigenvalue weighted by atomic mass is 16.4. The van der Waals surface area contributed by atoms with Gasteiger partial charge in [0.25, 0.3) is 0 Å². The molecule has 4 N–H and O–H groups in total. The van der Waals surface area contributed by atoms with Crippen molar-refractivity contribution in [3.05, 3.63) is 0 Å². The van der Waals surface area contributed by atoms with Crippen LogP contribution in [0.4, 0.5) is 4.79 Å². The van der Waals surface area contributed by atoms with Crippen LogP contribution in [-0.4, -0.2) is 22.8 Å². The van der Waals surface area contributed by atoms with Gasteiger partial charge in [-0.25, -0.2) is 4.79 Å². The van der Waals surface area contributed by atoms with Gasteiger partial charge in [-0.2, -0.15) is 0 Å². The molecule has 1 saturated carbocycles. The summed E-state index contributed by atoms with van der Waals surface area (Å²) >= 11 is 0. The van der Waals surface area contributed by atoms with Gasteiger partial charge in [-0.15, -0.1) is 0 Å². The van der Waals surface area contributed by atoms with E-state index in [-0.39, 0.29) is 11.6 Å². The van der Waals surface area contributed by atoms with Gasteiger partial charge in [-0.05, 0) is 39.0 Å². The molecular formula is C10H20N2O2. The topological polar surface area (TPSA) is 75.3 Å². The summed E-state index contributed by atoms with van der Waals surface area (Å²) in [5.74, 6) is 0.469. The van der Waals surface area contributed by atoms with E-state index in [1.54, 1.807) is 0 Å². The van der Waals surface area contributed by atoms with Crippen LogP contribution in [0.1, 0.15) is 39.5 Å². The van der Waals surface area contributed by atoms with Gasteiger partial charge in [0.2, 0.25) is 0 Å². The third-order valence-corrected chi connectivity index (χ3v) is 2.94. The Morgan fingerprint density at radius 3 is 2.64 bits per heavy atom. The van der Waals surface area contributed by atoms with Crippen LogP contribution in [0.3, 0.4) is 0 Å². The molecule has 0 aromatic carbocycles. The third kappa shape index (κ3) is 3.18. The summed E-state index contributed by atoms with van der Waals surface area (Å²) < 4.78 is 0. The molecule has 0 spiro atoms. The first kappa shape index (κ1) is 11.3. The van der Waals surface area contributed by atoms with Crippen LogP contribution in [0.25, 0.3) is 0 Å². The smallest absolute Gasteiger partial charge is 0.405 e. The summed E-state index contributed by atoms with van der Waals surface area (Å²) in [4.78, 5) is 10.5. The molecule has 0 unspecified atom stereocenters. The summed E-state index contributed by atoms with van der Waals surface area (Å²) in [5, 5.41) is 11.2. The molecule has 0 heterocycles. The maximum absolute atomic E-state index is 10.5. The molecule has 1 amide bonds. The molecule has 4 nitrogen and oxygen atoms in total. The van der Waals surface area contributed by atoms with Crippen LogP contribution < -0.4 is 11.1 Å². The minimum absolute atomic E-state index is 0.255. The number of amides is 1. The van der Waals surface area contributed by atoms with Crippen molar-refractivity contribution < 1.29 is 9.90 Å². The Balaban J connectivity index is 2.45. The fraction of sp³-hybridized carbons (Fsp3) is 0.900. The lowest BCUT2D eigenvalue weighted by atomic mass is 9.88. The average molecular weight is 200 g/mol. The van der Waals surface area contributed by atoms with Crippen LogP contribution >= 0.6 is 0 Å². The molecule has 1 rings (SSSR count). The number of nitrogens with two attached hydrogens (primary N) is 1. The maximum Gasteiger partial charge on any atom is 0.405 e. The zero-order chi connectivity index (χ0) is 10.8. The molecule has 1 aliphatic carbocycles. The van der Waals surface area contributed by atoms with Gasteiger partial charge < -0.3 is 16.2 Å². The standard InChI is InChI=1S/C10H20N2O2/c1-10(2,12-9(13)14)6-7-4-3-5-8(7)11/h7-8,12H,3-6,11H2,1-2H3,(H,13,14)/t7-,8-/m1/s1. The lowest BCUT2D eigenvalue weighted by Crippen LogP contribution is -2.45. The Morgan fingerprint density at radius 2 is 2.21 bits per heavy atom. The predicted octanol–water partition coefficient (Wildman–Crippen LogP) is 1.55. The van der Waals surface area contributed by atoms with E-state index in [0.29, 0.717) is 5.92 Å². The number of nitrogens with one attached hydrogen (secondary N) is 1. The molecular weight excluding hydrogens is 180 g/mol. The highest BCUT2D eigenvalue weighted by Crippen LogP contribution is 2.30. The molecule has 0 bridgehead atoms. The number of rotatable bonds is 3. The van der Waals surface area contributed by atoms with Gasteiger partial charge in [0.05, 0.1) is 0 Å². The molecule has 0 aromatic rings. The molecule has 0 radical (unpaired) electrons. The number of hydrogen-bond donors (Lipinski definition) is 3. The molecule has 0 aromatic heterocycles. The summed E-state index contributed by atoms with van der Waals surface area (Å²) in [6.07, 6.45) is 3.26. The van der Waals surface area contributed by atoms with Crippen LogP contribution in [0.2, 0.25) is 0 Å². The number of carboxylic acid groups (broad SMARTS) is 1. The molecule has 14 heavy (non-hydrogen) atoms. The van der Waals surface area contributed by atoms with Crippen LogP contribution in [-0.2, 0) is 0 Å². The van der Waals surface area contributed by atoms with Gasteiger partial charge >= 0.3 is 6.09 Å². The second kappa shape index (κ2) is 4.17. The minimum atomic E-state index is -0.957. The summed E-state index contributed by atoms with van der Waals surface area (Å²) in [7, 11) is 0. The first-order chi connectivity index (χ1) is 6.41. The quantitative estimate of drug-likeness (QED) is 0.647. The molecule has 0 saturated heterocycles. The van der Waals surface area contributed by atoms with E-state index >= 15 is 0 Å². The van der Waals surface area contributed by atoms with Crippen molar-refractivity contribution in [3.8, 4) is 0 Å². The van der Waals surface area contributed by atoms with E-state index in [1.165, 1.54) is 6.42 Å². The number of carbonyl (C=O) groups is 1. The van der Waals surface area contributed by atoms with Crippen molar-refractivity contribution in [2.45, 2.75) is 51.1 Å². The van der Waals surface area contributed by atoms with Gasteiger partial charge in [-0.3, -0.25) is 0 Å². The summed E-state index contributed by atoms with van der Waals surface area (Å²) in [6.45, 7) is 3.82. The fourth-order valence-electron chi connectivity index (χ4n) is 2.31. The zero-order valence-electron chi connectivity index (χ0n) is 8.92. The lowest BCUT2D eigenvalue weighted by molar-refractivity contribution is 0.175. The Bertz CT molecular complexity index is 216. The fourth-order valence-corrected chi connectivity index (χ4v) is 2.31. The van der Waals surface area contributed by atoms with Crippen molar-refractivity contribution in [1.82, 2.24) is 5.32 Å². The van der Waals surface area contributed by atoms with E-state index in [4.69, 9.17) is 10.8 Å². The zero-order valence-corrected chi connectivity index (χ0v) is 8.92. The normalized spacial score (nSPS) is 27.6. The highest BCUT2D eigenvalue weighted by Gasteiger charge is 2.31. The van der Waals surface area contributed by atoms with E-state index in [2.05, 4.69) is 5.32 Å². The lowest BCUT2D eigenvalue weighted by Gasteiger charge is -2.29. The maximum atomic E-state index is 10.5. The Hall–Kier alpha value is -0.770. The van der Waals surface area contributed by atoms with Crippen LogP contribution in [0.15, 0.2) is 0 Å². The minimum Gasteiger partial charge on any atom is -0.465 e. The predicted molar refractivity (Wildman–Crippen MR) is 55.2 cm³/mol. The Morgan fingerprint density at radius 1 is 1.57 bits per heavy atom. The van der Waals surface area contributed by atoms with Crippen molar-refractivity contribution in [2.24, 2.45) is 11.7 Å². The molecule has 82 valence electrons. The van der Waals surface area contributed by atoms with E-state index in [9.17, 15) is 4.79 Å². The van der Waals surface area contributed by atoms with Crippen molar-refractivity contribution in [1.29, 1.82) is 0 Å². The van der Waals surface area contributed by atoms with Gasteiger partial charge in [0.15, 0.2) is 0 Å². The Labute approximate surface area is 84.9 Å². The molecule has 0 aliphatic heterocycles. The van der Waals surface area contributed by atoms with Crippen molar-refractivity contribution >= 4 is 6.09 Å². The van der Waals surface area contributed by atoms with Gasteiger partial charge in [-0.1, -0.05) is 6.42 Å². The van der Waals surface area contributed by atoms with Gasteiger partial charge in [0, 0.05) is 11.6 Å². The third-order valence-electron chi connectivity index (χ3n) is 2.94. The molecule has 2 atom stereocenters. The highest BCUT2D eigenvalue weighted by molar-refractivity contribution is 5.65. The Kier molecular flexibility index (Phi) is 3.37. The molecule has 1 aliphatic rings. The van der Waals surface area contributed by atoms with Gasteiger partial charge in [0.1, 0.15) is 0 Å². The van der Waals surface area contributed by atoms with E-state index in [1.807, 2.05) is 13.8 Å². The van der Waals surface area contributed by atoms with E-state index in [0.717, 1.165) is 19.3 Å². The summed E-state index contributed by atoms with van der Waals surface area (Å²) in [6, 6.07) is 0.255. The molecule has 1 fully saturated rings. The van der Waals surface area contributed by atoms with Crippen LogP contribution in [0.5, 0.6) is 0 Å². The average Bonchev–Trinajstić information content (AvgIpc) is 2.32.